The van der Waals surface area contributed by atoms with Crippen LogP contribution in [0.3, 0.4) is 0 Å². The highest BCUT2D eigenvalue weighted by atomic mass is 16.6. The predicted molar refractivity (Wildman–Crippen MR) is 105 cm³/mol. The van der Waals surface area contributed by atoms with E-state index < -0.39 is 18.1 Å². The van der Waals surface area contributed by atoms with Gasteiger partial charge in [0.25, 0.3) is 0 Å². The van der Waals surface area contributed by atoms with E-state index in [0.717, 1.165) is 22.3 Å². The molecule has 8 heteroatoms. The molecule has 1 N–H and O–H groups in total. The first kappa shape index (κ1) is 18.8. The second kappa shape index (κ2) is 8.24. The van der Waals surface area contributed by atoms with Crippen LogP contribution < -0.4 is 5.32 Å². The lowest BCUT2D eigenvalue weighted by molar-refractivity contribution is -0.142. The van der Waals surface area contributed by atoms with E-state index in [2.05, 4.69) is 27.5 Å². The molecular formula is C21H20N4O4. The van der Waals surface area contributed by atoms with Crippen LogP contribution in [0, 0.1) is 0 Å². The number of alkyl carbamates (subject to hydrolysis) is 1. The predicted octanol–water partition coefficient (Wildman–Crippen LogP) is 3.91. The summed E-state index contributed by atoms with van der Waals surface area (Å²) in [6.45, 7) is 0.425. The minimum absolute atomic E-state index is 0.0414. The molecule has 0 saturated carbocycles. The van der Waals surface area contributed by atoms with Crippen molar-refractivity contribution < 1.29 is 19.1 Å². The van der Waals surface area contributed by atoms with E-state index in [-0.39, 0.29) is 25.2 Å². The Labute approximate surface area is 167 Å². The Hall–Kier alpha value is -3.51. The van der Waals surface area contributed by atoms with Crippen LogP contribution in [0.15, 0.2) is 53.6 Å². The van der Waals surface area contributed by atoms with E-state index in [1.807, 2.05) is 36.4 Å². The number of azide groups is 1. The zero-order valence-corrected chi connectivity index (χ0v) is 15.7. The Morgan fingerprint density at radius 2 is 1.83 bits per heavy atom. The van der Waals surface area contributed by atoms with Gasteiger partial charge in [-0.25, -0.2) is 9.59 Å². The summed E-state index contributed by atoms with van der Waals surface area (Å²) in [6.07, 6.45) is -0.251. The van der Waals surface area contributed by atoms with E-state index in [4.69, 9.17) is 15.0 Å². The smallest absolute Gasteiger partial charge is 0.407 e. The molecule has 2 aromatic rings. The van der Waals surface area contributed by atoms with Crippen LogP contribution in [0.2, 0.25) is 0 Å². The van der Waals surface area contributed by atoms with Crippen molar-refractivity contribution >= 4 is 12.1 Å². The molecule has 2 aromatic carbocycles. The number of esters is 1. The fraction of sp³-hybridized carbons (Fsp3) is 0.333. The minimum Gasteiger partial charge on any atom is -0.461 e. The monoisotopic (exact) mass is 392 g/mol. The Bertz CT molecular complexity index is 941. The lowest BCUT2D eigenvalue weighted by Crippen LogP contribution is -2.38. The fourth-order valence-electron chi connectivity index (χ4n) is 3.98. The average molecular weight is 392 g/mol. The number of nitrogens with zero attached hydrogens (tertiary/aromatic N) is 3. The molecule has 148 valence electrons. The van der Waals surface area contributed by atoms with E-state index in [0.29, 0.717) is 12.8 Å². The van der Waals surface area contributed by atoms with Gasteiger partial charge in [0.05, 0.1) is 0 Å². The van der Waals surface area contributed by atoms with Crippen molar-refractivity contribution in [2.24, 2.45) is 5.11 Å². The Balaban J connectivity index is 1.36. The van der Waals surface area contributed by atoms with Gasteiger partial charge < -0.3 is 14.8 Å². The Morgan fingerprint density at radius 3 is 2.48 bits per heavy atom. The first-order chi connectivity index (χ1) is 14.2. The van der Waals surface area contributed by atoms with Crippen molar-refractivity contribution in [2.45, 2.75) is 30.9 Å². The number of carbonyl (C=O) groups excluding carboxylic acids is 2. The second-order valence-electron chi connectivity index (χ2n) is 7.06. The standard InChI is InChI=1S/C21H20N4O4/c22-25-23-10-9-13-11-19(20(26)29-13)24-21(27)28-12-18-16-7-3-1-5-14(16)15-6-2-4-8-17(15)18/h1-8,13,18-19H,9-12H2,(H,24,27)/t13-,19+/m1/s1. The molecular weight excluding hydrogens is 372 g/mol. The van der Waals surface area contributed by atoms with E-state index in [1.54, 1.807) is 0 Å². The average Bonchev–Trinajstić information content (AvgIpc) is 3.24. The number of amides is 1. The number of cyclic esters (lactones) is 1. The highest BCUT2D eigenvalue weighted by Gasteiger charge is 2.36. The van der Waals surface area contributed by atoms with Gasteiger partial charge in [0.2, 0.25) is 0 Å². The van der Waals surface area contributed by atoms with Gasteiger partial charge in [-0.3, -0.25) is 0 Å². The van der Waals surface area contributed by atoms with Crippen LogP contribution in [0.5, 0.6) is 0 Å². The molecule has 0 bridgehead atoms. The van der Waals surface area contributed by atoms with Crippen molar-refractivity contribution in [1.29, 1.82) is 0 Å². The number of fused-ring (bicyclic) bond motifs is 3. The van der Waals surface area contributed by atoms with Crippen molar-refractivity contribution in [3.8, 4) is 11.1 Å². The van der Waals surface area contributed by atoms with Gasteiger partial charge in [-0.1, -0.05) is 53.6 Å². The molecule has 2 atom stereocenters. The maximum Gasteiger partial charge on any atom is 0.407 e. The van der Waals surface area contributed by atoms with Gasteiger partial charge >= 0.3 is 12.1 Å². The molecule has 2 aliphatic rings. The molecule has 0 radical (unpaired) electrons. The summed E-state index contributed by atoms with van der Waals surface area (Å²) < 4.78 is 10.7. The highest BCUT2D eigenvalue weighted by molar-refractivity contribution is 5.83. The van der Waals surface area contributed by atoms with Crippen LogP contribution in [0.1, 0.15) is 29.9 Å². The first-order valence-corrected chi connectivity index (χ1v) is 9.50. The van der Waals surface area contributed by atoms with E-state index >= 15 is 0 Å². The van der Waals surface area contributed by atoms with Gasteiger partial charge in [0, 0.05) is 23.8 Å². The summed E-state index contributed by atoms with van der Waals surface area (Å²) in [5, 5.41) is 6.02. The molecule has 1 aliphatic carbocycles. The summed E-state index contributed by atoms with van der Waals surface area (Å²) in [4.78, 5) is 26.9. The number of benzene rings is 2. The third kappa shape index (κ3) is 3.88. The van der Waals surface area contributed by atoms with Crippen molar-refractivity contribution in [2.75, 3.05) is 13.2 Å². The molecule has 29 heavy (non-hydrogen) atoms. The number of rotatable bonds is 6. The fourth-order valence-corrected chi connectivity index (χ4v) is 3.98. The van der Waals surface area contributed by atoms with Crippen LogP contribution in [0.25, 0.3) is 21.6 Å². The minimum atomic E-state index is -0.748. The normalized spacial score (nSPS) is 19.7. The summed E-state index contributed by atoms with van der Waals surface area (Å²) in [7, 11) is 0. The number of nitrogens with one attached hydrogen (secondary N) is 1. The molecule has 1 aliphatic heterocycles. The first-order valence-electron chi connectivity index (χ1n) is 9.50. The van der Waals surface area contributed by atoms with Crippen molar-refractivity contribution in [3.05, 3.63) is 70.1 Å². The maximum absolute atomic E-state index is 12.3. The summed E-state index contributed by atoms with van der Waals surface area (Å²) in [5.74, 6) is -0.537. The molecule has 0 aromatic heterocycles. The molecule has 1 fully saturated rings. The van der Waals surface area contributed by atoms with Gasteiger partial charge in [0.15, 0.2) is 0 Å². The quantitative estimate of drug-likeness (QED) is 0.347. The lowest BCUT2D eigenvalue weighted by Gasteiger charge is -2.15. The van der Waals surface area contributed by atoms with Gasteiger partial charge in [0.1, 0.15) is 18.8 Å². The van der Waals surface area contributed by atoms with Gasteiger partial charge in [-0.15, -0.1) is 0 Å². The molecule has 1 saturated heterocycles. The van der Waals surface area contributed by atoms with Crippen molar-refractivity contribution in [1.82, 2.24) is 5.32 Å². The SMILES string of the molecule is [N-]=[N+]=NCC[C@@H]1C[C@H](NC(=O)OCC2c3ccccc3-c3ccccc32)C(=O)O1. The van der Waals surface area contributed by atoms with E-state index in [1.165, 1.54) is 0 Å². The molecule has 0 spiro atoms. The molecule has 8 nitrogen and oxygen atoms in total. The molecule has 1 heterocycles. The molecule has 4 rings (SSSR count). The lowest BCUT2D eigenvalue weighted by atomic mass is 9.98. The zero-order valence-electron chi connectivity index (χ0n) is 15.7. The van der Waals surface area contributed by atoms with Crippen LogP contribution in [-0.2, 0) is 14.3 Å². The highest BCUT2D eigenvalue weighted by Crippen LogP contribution is 2.44. The van der Waals surface area contributed by atoms with Gasteiger partial charge in [-0.05, 0) is 34.2 Å². The Kier molecular flexibility index (Phi) is 5.35. The van der Waals surface area contributed by atoms with Crippen molar-refractivity contribution in [3.63, 3.8) is 0 Å². The maximum atomic E-state index is 12.3. The van der Waals surface area contributed by atoms with Crippen LogP contribution in [0.4, 0.5) is 4.79 Å². The number of hydrogen-bond donors (Lipinski definition) is 1. The Morgan fingerprint density at radius 1 is 1.17 bits per heavy atom. The number of hydrogen-bond acceptors (Lipinski definition) is 5. The second-order valence-corrected chi connectivity index (χ2v) is 7.06. The molecule has 0 unspecified atom stereocenters. The van der Waals surface area contributed by atoms with Gasteiger partial charge in [-0.2, -0.15) is 0 Å². The summed E-state index contributed by atoms with van der Waals surface area (Å²) in [5.41, 5.74) is 12.9. The largest absolute Gasteiger partial charge is 0.461 e. The zero-order chi connectivity index (χ0) is 20.2. The van der Waals surface area contributed by atoms with E-state index in [9.17, 15) is 9.59 Å². The molecule has 1 amide bonds. The van der Waals surface area contributed by atoms with Crippen LogP contribution >= 0.6 is 0 Å². The topological polar surface area (TPSA) is 113 Å². The number of carbonyl (C=O) groups is 2. The number of ether oxygens (including phenoxy) is 2. The summed E-state index contributed by atoms with van der Waals surface area (Å²) >= 11 is 0. The van der Waals surface area contributed by atoms with Crippen LogP contribution in [-0.4, -0.2) is 37.4 Å². The summed E-state index contributed by atoms with van der Waals surface area (Å²) in [6, 6.07) is 15.4. The third-order valence-electron chi connectivity index (χ3n) is 5.32. The third-order valence-corrected chi connectivity index (χ3v) is 5.32.